The van der Waals surface area contributed by atoms with E-state index < -0.39 is 6.09 Å². The van der Waals surface area contributed by atoms with Gasteiger partial charge < -0.3 is 15.7 Å². The second-order valence-corrected chi connectivity index (χ2v) is 2.78. The Bertz CT molecular complexity index is 143. The number of nitrogens with zero attached hydrogens (tertiary/aromatic N) is 1. The molecule has 0 radical (unpaired) electrons. The van der Waals surface area contributed by atoms with Gasteiger partial charge in [0.05, 0.1) is 0 Å². The van der Waals surface area contributed by atoms with Crippen LogP contribution in [0.2, 0.25) is 0 Å². The smallest absolute Gasteiger partial charge is 0.407 e. The van der Waals surface area contributed by atoms with Gasteiger partial charge in [0.1, 0.15) is 0 Å². The second kappa shape index (κ2) is 2.46. The molecule has 0 aromatic rings. The number of hydrogen-bond acceptors (Lipinski definition) is 2. The van der Waals surface area contributed by atoms with Crippen molar-refractivity contribution < 1.29 is 9.90 Å². The third kappa shape index (κ3) is 1.21. The summed E-state index contributed by atoms with van der Waals surface area (Å²) in [4.78, 5) is 11.6. The minimum atomic E-state index is -0.864. The molecule has 58 valence electrons. The Morgan fingerprint density at radius 1 is 1.70 bits per heavy atom. The van der Waals surface area contributed by atoms with Crippen LogP contribution >= 0.6 is 0 Å². The second-order valence-electron chi connectivity index (χ2n) is 2.78. The Hall–Kier alpha value is -0.770. The van der Waals surface area contributed by atoms with Gasteiger partial charge in [0, 0.05) is 19.1 Å². The molecule has 4 heteroatoms. The molecule has 0 spiro atoms. The quantitative estimate of drug-likeness (QED) is 0.548. The summed E-state index contributed by atoms with van der Waals surface area (Å²) in [7, 11) is 1.58. The number of hydrogen-bond donors (Lipinski definition) is 2. The van der Waals surface area contributed by atoms with Crippen LogP contribution in [0, 0.1) is 0 Å². The summed E-state index contributed by atoms with van der Waals surface area (Å²) in [6, 6.07) is 0.374. The molecule has 0 unspecified atom stereocenters. The van der Waals surface area contributed by atoms with E-state index >= 15 is 0 Å². The van der Waals surface area contributed by atoms with Gasteiger partial charge in [0.15, 0.2) is 0 Å². The molecule has 1 saturated carbocycles. The number of amides is 1. The lowest BCUT2D eigenvalue weighted by Crippen LogP contribution is -2.50. The van der Waals surface area contributed by atoms with E-state index in [1.165, 1.54) is 4.90 Å². The third-order valence-corrected chi connectivity index (χ3v) is 2.00. The first-order chi connectivity index (χ1) is 4.61. The molecule has 0 aromatic carbocycles. The molecule has 1 aliphatic rings. The molecule has 1 fully saturated rings. The normalized spacial score (nSPS) is 31.0. The predicted octanol–water partition coefficient (Wildman–Crippen LogP) is 0.0859. The molecule has 0 bridgehead atoms. The maximum atomic E-state index is 10.3. The van der Waals surface area contributed by atoms with Crippen LogP contribution in [0.4, 0.5) is 4.79 Å². The van der Waals surface area contributed by atoms with Crippen LogP contribution in [-0.2, 0) is 0 Å². The topological polar surface area (TPSA) is 66.6 Å². The summed E-state index contributed by atoms with van der Waals surface area (Å²) in [5, 5.41) is 8.49. The third-order valence-electron chi connectivity index (χ3n) is 2.00. The van der Waals surface area contributed by atoms with E-state index in [4.69, 9.17) is 10.8 Å². The fourth-order valence-electron chi connectivity index (χ4n) is 1.10. The largest absolute Gasteiger partial charge is 0.465 e. The molecule has 1 aliphatic carbocycles. The van der Waals surface area contributed by atoms with E-state index in [9.17, 15) is 4.79 Å². The van der Waals surface area contributed by atoms with Gasteiger partial charge in [-0.2, -0.15) is 0 Å². The molecule has 10 heavy (non-hydrogen) atoms. The van der Waals surface area contributed by atoms with Gasteiger partial charge in [-0.15, -0.1) is 0 Å². The standard InChI is InChI=1S/C6H12N2O2/c1-8(6(9)10)5-2-4(7)3-5/h4-5H,2-3,7H2,1H3,(H,9,10). The van der Waals surface area contributed by atoms with Crippen molar-refractivity contribution in [2.45, 2.75) is 24.9 Å². The van der Waals surface area contributed by atoms with Gasteiger partial charge in [-0.3, -0.25) is 0 Å². The lowest BCUT2D eigenvalue weighted by Gasteiger charge is -2.37. The summed E-state index contributed by atoms with van der Waals surface area (Å²) < 4.78 is 0. The minimum absolute atomic E-state index is 0.160. The predicted molar refractivity (Wildman–Crippen MR) is 36.8 cm³/mol. The highest BCUT2D eigenvalue weighted by Crippen LogP contribution is 2.22. The van der Waals surface area contributed by atoms with Crippen LogP contribution in [0.15, 0.2) is 0 Å². The lowest BCUT2D eigenvalue weighted by atomic mass is 9.87. The molecule has 1 amide bonds. The van der Waals surface area contributed by atoms with Crippen LogP contribution in [0.1, 0.15) is 12.8 Å². The van der Waals surface area contributed by atoms with E-state index in [2.05, 4.69) is 0 Å². The minimum Gasteiger partial charge on any atom is -0.465 e. The average Bonchev–Trinajstić information content (AvgIpc) is 1.79. The van der Waals surface area contributed by atoms with Crippen molar-refractivity contribution in [1.29, 1.82) is 0 Å². The van der Waals surface area contributed by atoms with Gasteiger partial charge in [0.2, 0.25) is 0 Å². The first kappa shape index (κ1) is 7.34. The fourth-order valence-corrected chi connectivity index (χ4v) is 1.10. The van der Waals surface area contributed by atoms with Crippen LogP contribution in [0.25, 0.3) is 0 Å². The maximum absolute atomic E-state index is 10.3. The maximum Gasteiger partial charge on any atom is 0.407 e. The van der Waals surface area contributed by atoms with Crippen LogP contribution in [-0.4, -0.2) is 35.2 Å². The highest BCUT2D eigenvalue weighted by Gasteiger charge is 2.31. The van der Waals surface area contributed by atoms with Gasteiger partial charge in [0.25, 0.3) is 0 Å². The molecule has 0 atom stereocenters. The first-order valence-corrected chi connectivity index (χ1v) is 3.32. The summed E-state index contributed by atoms with van der Waals surface area (Å²) in [5.74, 6) is 0. The van der Waals surface area contributed by atoms with Crippen LogP contribution in [0.5, 0.6) is 0 Å². The summed E-state index contributed by atoms with van der Waals surface area (Å²) >= 11 is 0. The number of carboxylic acid groups (broad SMARTS) is 1. The Balaban J connectivity index is 2.31. The highest BCUT2D eigenvalue weighted by molar-refractivity contribution is 5.65. The average molecular weight is 144 g/mol. The van der Waals surface area contributed by atoms with Crippen molar-refractivity contribution in [3.05, 3.63) is 0 Å². The molecule has 0 saturated heterocycles. The SMILES string of the molecule is CN(C(=O)O)C1CC(N)C1. The van der Waals surface area contributed by atoms with Crippen molar-refractivity contribution >= 4 is 6.09 Å². The zero-order valence-corrected chi connectivity index (χ0v) is 5.95. The molecule has 4 nitrogen and oxygen atoms in total. The van der Waals surface area contributed by atoms with Gasteiger partial charge in [-0.05, 0) is 12.8 Å². The molecule has 0 aromatic heterocycles. The molecule has 0 heterocycles. The van der Waals surface area contributed by atoms with E-state index in [1.54, 1.807) is 7.05 Å². The zero-order valence-electron chi connectivity index (χ0n) is 5.95. The summed E-state index contributed by atoms with van der Waals surface area (Å²) in [6.07, 6.45) is 0.753. The molecule has 1 rings (SSSR count). The summed E-state index contributed by atoms with van der Waals surface area (Å²) in [5.41, 5.74) is 5.49. The van der Waals surface area contributed by atoms with Crippen molar-refractivity contribution in [2.75, 3.05) is 7.05 Å². The highest BCUT2D eigenvalue weighted by atomic mass is 16.4. The molecule has 0 aliphatic heterocycles. The molecular formula is C6H12N2O2. The Labute approximate surface area is 59.6 Å². The first-order valence-electron chi connectivity index (χ1n) is 3.32. The van der Waals surface area contributed by atoms with Crippen LogP contribution < -0.4 is 5.73 Å². The van der Waals surface area contributed by atoms with Gasteiger partial charge >= 0.3 is 6.09 Å². The van der Waals surface area contributed by atoms with E-state index in [-0.39, 0.29) is 12.1 Å². The van der Waals surface area contributed by atoms with Crippen LogP contribution in [0.3, 0.4) is 0 Å². The Morgan fingerprint density at radius 3 is 2.50 bits per heavy atom. The number of carbonyl (C=O) groups is 1. The lowest BCUT2D eigenvalue weighted by molar-refractivity contribution is 0.106. The fraction of sp³-hybridized carbons (Fsp3) is 0.833. The molecule has 3 N–H and O–H groups in total. The Morgan fingerprint density at radius 2 is 2.20 bits per heavy atom. The van der Waals surface area contributed by atoms with Crippen molar-refractivity contribution in [3.8, 4) is 0 Å². The van der Waals surface area contributed by atoms with Gasteiger partial charge in [-0.1, -0.05) is 0 Å². The molecular weight excluding hydrogens is 132 g/mol. The Kier molecular flexibility index (Phi) is 1.80. The zero-order chi connectivity index (χ0) is 7.72. The van der Waals surface area contributed by atoms with Gasteiger partial charge in [-0.25, -0.2) is 4.79 Å². The van der Waals surface area contributed by atoms with Crippen molar-refractivity contribution in [3.63, 3.8) is 0 Å². The van der Waals surface area contributed by atoms with Crippen molar-refractivity contribution in [2.24, 2.45) is 5.73 Å². The summed E-state index contributed by atoms with van der Waals surface area (Å²) in [6.45, 7) is 0. The monoisotopic (exact) mass is 144 g/mol. The van der Waals surface area contributed by atoms with E-state index in [0.29, 0.717) is 0 Å². The van der Waals surface area contributed by atoms with Crippen molar-refractivity contribution in [1.82, 2.24) is 4.90 Å². The van der Waals surface area contributed by atoms with E-state index in [0.717, 1.165) is 12.8 Å². The number of rotatable bonds is 1. The number of nitrogens with two attached hydrogens (primary N) is 1. The van der Waals surface area contributed by atoms with E-state index in [1.807, 2.05) is 0 Å².